The highest BCUT2D eigenvalue weighted by molar-refractivity contribution is 5.90. The van der Waals surface area contributed by atoms with Gasteiger partial charge in [0.05, 0.1) is 0 Å². The molecule has 0 spiro atoms. The maximum Gasteiger partial charge on any atom is 0.224 e. The molecular formula is C17H23Cl2N3O2. The largest absolute Gasteiger partial charge is 0.489 e. The zero-order valence-electron chi connectivity index (χ0n) is 13.5. The fraction of sp³-hybridized carbons (Fsp3) is 0.294. The molecule has 0 saturated heterocycles. The maximum atomic E-state index is 11.8. The number of hydrogen-bond donors (Lipinski definition) is 2. The summed E-state index contributed by atoms with van der Waals surface area (Å²) >= 11 is 0. The zero-order valence-corrected chi connectivity index (χ0v) is 15.1. The molecule has 0 aliphatic rings. The van der Waals surface area contributed by atoms with Crippen LogP contribution in [0.1, 0.15) is 25.3 Å². The highest BCUT2D eigenvalue weighted by Gasteiger charge is 2.05. The van der Waals surface area contributed by atoms with Crippen molar-refractivity contribution in [2.75, 3.05) is 5.32 Å². The minimum absolute atomic E-state index is 0. The van der Waals surface area contributed by atoms with Gasteiger partial charge < -0.3 is 15.8 Å². The van der Waals surface area contributed by atoms with Crippen LogP contribution in [0.2, 0.25) is 0 Å². The lowest BCUT2D eigenvalue weighted by Crippen LogP contribution is -2.19. The van der Waals surface area contributed by atoms with Crippen molar-refractivity contribution >= 4 is 36.4 Å². The Hall–Kier alpha value is -1.82. The van der Waals surface area contributed by atoms with E-state index in [0.717, 1.165) is 11.3 Å². The summed E-state index contributed by atoms with van der Waals surface area (Å²) in [6, 6.07) is 11.2. The molecule has 0 aliphatic heterocycles. The molecule has 1 aromatic heterocycles. The summed E-state index contributed by atoms with van der Waals surface area (Å²) in [5, 5.41) is 2.85. The zero-order chi connectivity index (χ0) is 15.8. The van der Waals surface area contributed by atoms with E-state index in [0.29, 0.717) is 25.2 Å². The van der Waals surface area contributed by atoms with Gasteiger partial charge in [0.2, 0.25) is 5.91 Å². The Labute approximate surface area is 154 Å². The van der Waals surface area contributed by atoms with E-state index in [1.54, 1.807) is 18.5 Å². The van der Waals surface area contributed by atoms with Gasteiger partial charge in [-0.05, 0) is 31.5 Å². The number of nitrogens with one attached hydrogen (secondary N) is 1. The van der Waals surface area contributed by atoms with Gasteiger partial charge >= 0.3 is 0 Å². The van der Waals surface area contributed by atoms with Crippen LogP contribution >= 0.6 is 24.8 Å². The summed E-state index contributed by atoms with van der Waals surface area (Å²) in [6.07, 6.45) is 4.57. The molecule has 1 aromatic carbocycles. The number of anilines is 1. The molecule has 0 bridgehead atoms. The van der Waals surface area contributed by atoms with Crippen LogP contribution in [-0.4, -0.2) is 16.9 Å². The molecule has 5 nitrogen and oxygen atoms in total. The molecule has 3 N–H and O–H groups in total. The first-order valence-corrected chi connectivity index (χ1v) is 7.30. The Balaban J connectivity index is 0.00000264. The Bertz CT molecular complexity index is 610. The number of aromatic nitrogens is 1. The van der Waals surface area contributed by atoms with Crippen molar-refractivity contribution in [1.29, 1.82) is 0 Å². The molecule has 1 atom stereocenters. The summed E-state index contributed by atoms with van der Waals surface area (Å²) in [5.41, 5.74) is 7.36. The molecule has 1 unspecified atom stereocenters. The van der Waals surface area contributed by atoms with E-state index in [2.05, 4.69) is 10.3 Å². The number of pyridine rings is 1. The Kier molecular flexibility index (Phi) is 10.8. The van der Waals surface area contributed by atoms with Gasteiger partial charge in [-0.25, -0.2) is 0 Å². The first-order valence-electron chi connectivity index (χ1n) is 7.30. The third-order valence-corrected chi connectivity index (χ3v) is 3.07. The second-order valence-electron chi connectivity index (χ2n) is 5.24. The summed E-state index contributed by atoms with van der Waals surface area (Å²) in [5.74, 6) is 0.663. The van der Waals surface area contributed by atoms with Gasteiger partial charge in [0.1, 0.15) is 12.4 Å². The average molecular weight is 372 g/mol. The molecule has 0 aliphatic carbocycles. The second-order valence-corrected chi connectivity index (χ2v) is 5.24. The second kappa shape index (κ2) is 11.7. The topological polar surface area (TPSA) is 77.2 Å². The number of nitrogens with two attached hydrogens (primary N) is 1. The first-order chi connectivity index (χ1) is 10.6. The lowest BCUT2D eigenvalue weighted by atomic mass is 10.2. The fourth-order valence-corrected chi connectivity index (χ4v) is 1.90. The van der Waals surface area contributed by atoms with Crippen LogP contribution < -0.4 is 15.8 Å². The van der Waals surface area contributed by atoms with Gasteiger partial charge in [-0.2, -0.15) is 0 Å². The number of hydrogen-bond acceptors (Lipinski definition) is 4. The van der Waals surface area contributed by atoms with E-state index in [9.17, 15) is 4.79 Å². The van der Waals surface area contributed by atoms with Crippen LogP contribution in [0.5, 0.6) is 5.75 Å². The standard InChI is InChI=1S/C17H21N3O2.2ClH/c1-13(18)7-8-17(21)20-15-5-2-6-16(10-15)22-12-14-4-3-9-19-11-14;;/h2-6,9-11,13H,7-8,12,18H2,1H3,(H,20,21);2*1H. The number of ether oxygens (including phenoxy) is 1. The molecule has 0 fully saturated rings. The summed E-state index contributed by atoms with van der Waals surface area (Å²) in [6.45, 7) is 2.33. The minimum Gasteiger partial charge on any atom is -0.489 e. The number of rotatable bonds is 7. The third kappa shape index (κ3) is 8.15. The monoisotopic (exact) mass is 371 g/mol. The Morgan fingerprint density at radius 3 is 2.75 bits per heavy atom. The van der Waals surface area contributed by atoms with E-state index in [-0.39, 0.29) is 36.8 Å². The molecular weight excluding hydrogens is 349 g/mol. The van der Waals surface area contributed by atoms with Gasteiger partial charge in [0.25, 0.3) is 0 Å². The molecule has 1 heterocycles. The van der Waals surface area contributed by atoms with E-state index in [1.807, 2.05) is 37.3 Å². The molecule has 2 aromatic rings. The van der Waals surface area contributed by atoms with E-state index < -0.39 is 0 Å². The van der Waals surface area contributed by atoms with Gasteiger partial charge in [0.15, 0.2) is 0 Å². The predicted octanol–water partition coefficient (Wildman–Crippen LogP) is 3.57. The smallest absolute Gasteiger partial charge is 0.224 e. The molecule has 2 rings (SSSR count). The Morgan fingerprint density at radius 2 is 2.08 bits per heavy atom. The van der Waals surface area contributed by atoms with Crippen LogP contribution in [-0.2, 0) is 11.4 Å². The van der Waals surface area contributed by atoms with E-state index in [1.165, 1.54) is 0 Å². The van der Waals surface area contributed by atoms with Crippen LogP contribution in [0, 0.1) is 0 Å². The Morgan fingerprint density at radius 1 is 1.29 bits per heavy atom. The van der Waals surface area contributed by atoms with Gasteiger partial charge in [0, 0.05) is 42.2 Å². The number of benzene rings is 1. The fourth-order valence-electron chi connectivity index (χ4n) is 1.90. The maximum absolute atomic E-state index is 11.8. The molecule has 24 heavy (non-hydrogen) atoms. The van der Waals surface area contributed by atoms with Crippen molar-refractivity contribution < 1.29 is 9.53 Å². The number of nitrogens with zero attached hydrogens (tertiary/aromatic N) is 1. The normalized spacial score (nSPS) is 10.8. The van der Waals surface area contributed by atoms with Gasteiger partial charge in [-0.15, -0.1) is 24.8 Å². The van der Waals surface area contributed by atoms with Crippen LogP contribution in [0.3, 0.4) is 0 Å². The SMILES string of the molecule is CC(N)CCC(=O)Nc1cccc(OCc2cccnc2)c1.Cl.Cl. The predicted molar refractivity (Wildman–Crippen MR) is 101 cm³/mol. The minimum atomic E-state index is -0.0401. The van der Waals surface area contributed by atoms with Crippen molar-refractivity contribution in [2.45, 2.75) is 32.4 Å². The van der Waals surface area contributed by atoms with Gasteiger partial charge in [-0.3, -0.25) is 9.78 Å². The van der Waals surface area contributed by atoms with Crippen LogP contribution in [0.4, 0.5) is 5.69 Å². The first kappa shape index (κ1) is 22.2. The van der Waals surface area contributed by atoms with Crippen molar-refractivity contribution in [3.63, 3.8) is 0 Å². The lowest BCUT2D eigenvalue weighted by molar-refractivity contribution is -0.116. The van der Waals surface area contributed by atoms with E-state index in [4.69, 9.17) is 10.5 Å². The number of amides is 1. The van der Waals surface area contributed by atoms with Crippen molar-refractivity contribution in [2.24, 2.45) is 5.73 Å². The highest BCUT2D eigenvalue weighted by atomic mass is 35.5. The number of carbonyl (C=O) groups excluding carboxylic acids is 1. The summed E-state index contributed by atoms with van der Waals surface area (Å²) in [7, 11) is 0. The van der Waals surface area contributed by atoms with Crippen molar-refractivity contribution in [1.82, 2.24) is 4.98 Å². The van der Waals surface area contributed by atoms with Crippen molar-refractivity contribution in [3.8, 4) is 5.75 Å². The molecule has 0 radical (unpaired) electrons. The third-order valence-electron chi connectivity index (χ3n) is 3.07. The average Bonchev–Trinajstić information content (AvgIpc) is 2.52. The van der Waals surface area contributed by atoms with Gasteiger partial charge in [-0.1, -0.05) is 12.1 Å². The lowest BCUT2D eigenvalue weighted by Gasteiger charge is -2.10. The summed E-state index contributed by atoms with van der Waals surface area (Å²) in [4.78, 5) is 15.8. The molecule has 0 saturated carbocycles. The quantitative estimate of drug-likeness (QED) is 0.779. The number of carbonyl (C=O) groups is 1. The van der Waals surface area contributed by atoms with Crippen molar-refractivity contribution in [3.05, 3.63) is 54.4 Å². The van der Waals surface area contributed by atoms with E-state index >= 15 is 0 Å². The highest BCUT2D eigenvalue weighted by Crippen LogP contribution is 2.18. The summed E-state index contributed by atoms with van der Waals surface area (Å²) < 4.78 is 5.70. The van der Waals surface area contributed by atoms with Crippen LogP contribution in [0.25, 0.3) is 0 Å². The number of halogens is 2. The molecule has 132 valence electrons. The van der Waals surface area contributed by atoms with Crippen LogP contribution in [0.15, 0.2) is 48.8 Å². The molecule has 1 amide bonds. The molecule has 7 heteroatoms.